The molecule has 5 nitrogen and oxygen atoms in total. The van der Waals surface area contributed by atoms with Crippen molar-refractivity contribution in [2.45, 2.75) is 33.5 Å². The van der Waals surface area contributed by atoms with Gasteiger partial charge in [0.1, 0.15) is 0 Å². The number of nitrogens with two attached hydrogens (primary N) is 1. The largest absolute Gasteiger partial charge is 0.409 e. The Morgan fingerprint density at radius 2 is 2.11 bits per heavy atom. The fraction of sp³-hybridized carbons (Fsp3) is 0.500. The minimum Gasteiger partial charge on any atom is -0.409 e. The smallest absolute Gasteiger partial charge is 0.170 e. The maximum Gasteiger partial charge on any atom is 0.170 e. The second-order valence-corrected chi connectivity index (χ2v) is 4.60. The molecule has 106 valence electrons. The molecule has 0 aliphatic heterocycles. The molecule has 0 aromatic heterocycles. The summed E-state index contributed by atoms with van der Waals surface area (Å²) in [6.07, 6.45) is 0.227. The fourth-order valence-corrected chi connectivity index (χ4v) is 1.60. The summed E-state index contributed by atoms with van der Waals surface area (Å²) in [4.78, 5) is 0. The lowest BCUT2D eigenvalue weighted by Gasteiger charge is -2.10. The molecule has 1 aromatic carbocycles. The molecule has 19 heavy (non-hydrogen) atoms. The Balaban J connectivity index is 2.47. The van der Waals surface area contributed by atoms with Gasteiger partial charge in [-0.3, -0.25) is 0 Å². The molecule has 1 aromatic rings. The van der Waals surface area contributed by atoms with Crippen LogP contribution in [0.2, 0.25) is 0 Å². The summed E-state index contributed by atoms with van der Waals surface area (Å²) >= 11 is 0. The van der Waals surface area contributed by atoms with Crippen LogP contribution in [0.15, 0.2) is 23.4 Å². The molecule has 5 heteroatoms. The van der Waals surface area contributed by atoms with Crippen molar-refractivity contribution in [2.24, 2.45) is 10.9 Å². The van der Waals surface area contributed by atoms with E-state index in [9.17, 15) is 0 Å². The van der Waals surface area contributed by atoms with Crippen molar-refractivity contribution < 1.29 is 14.7 Å². The number of aryl methyl sites for hydroxylation is 1. The first kappa shape index (κ1) is 15.5. The van der Waals surface area contributed by atoms with Crippen molar-refractivity contribution in [3.8, 4) is 0 Å². The van der Waals surface area contributed by atoms with Gasteiger partial charge in [0.05, 0.1) is 25.9 Å². The third-order valence-corrected chi connectivity index (χ3v) is 2.68. The highest BCUT2D eigenvalue weighted by atomic mass is 16.5. The first-order valence-electron chi connectivity index (χ1n) is 6.31. The third kappa shape index (κ3) is 5.28. The van der Waals surface area contributed by atoms with E-state index in [1.807, 2.05) is 39.0 Å². The predicted octanol–water partition coefficient (Wildman–Crippen LogP) is 2.03. The van der Waals surface area contributed by atoms with Gasteiger partial charge in [-0.2, -0.15) is 0 Å². The summed E-state index contributed by atoms with van der Waals surface area (Å²) < 4.78 is 10.9. The Morgan fingerprint density at radius 3 is 2.68 bits per heavy atom. The highest BCUT2D eigenvalue weighted by Crippen LogP contribution is 2.12. The van der Waals surface area contributed by atoms with Gasteiger partial charge >= 0.3 is 0 Å². The van der Waals surface area contributed by atoms with E-state index in [1.165, 1.54) is 0 Å². The minimum atomic E-state index is 0.112. The van der Waals surface area contributed by atoms with E-state index < -0.39 is 0 Å². The molecule has 0 saturated heterocycles. The molecule has 0 saturated carbocycles. The Labute approximate surface area is 114 Å². The second kappa shape index (κ2) is 7.76. The molecule has 0 atom stereocenters. The van der Waals surface area contributed by atoms with Gasteiger partial charge in [-0.1, -0.05) is 17.3 Å². The van der Waals surface area contributed by atoms with Gasteiger partial charge in [0.15, 0.2) is 5.84 Å². The monoisotopic (exact) mass is 266 g/mol. The van der Waals surface area contributed by atoms with E-state index in [2.05, 4.69) is 5.16 Å². The first-order chi connectivity index (χ1) is 9.04. The van der Waals surface area contributed by atoms with Crippen LogP contribution in [0.5, 0.6) is 0 Å². The summed E-state index contributed by atoms with van der Waals surface area (Å²) in [5.41, 5.74) is 8.37. The molecule has 0 bridgehead atoms. The van der Waals surface area contributed by atoms with Crippen LogP contribution in [0.4, 0.5) is 0 Å². The summed E-state index contributed by atoms with van der Waals surface area (Å²) in [5.74, 6) is 0.112. The van der Waals surface area contributed by atoms with E-state index in [0.29, 0.717) is 25.4 Å². The number of ether oxygens (including phenoxy) is 2. The third-order valence-electron chi connectivity index (χ3n) is 2.68. The molecule has 3 N–H and O–H groups in total. The molecule has 0 aliphatic carbocycles. The van der Waals surface area contributed by atoms with Crippen molar-refractivity contribution in [2.75, 3.05) is 13.2 Å². The van der Waals surface area contributed by atoms with Crippen molar-refractivity contribution in [3.05, 3.63) is 34.9 Å². The van der Waals surface area contributed by atoms with Crippen LogP contribution in [0, 0.1) is 6.92 Å². The van der Waals surface area contributed by atoms with Crippen LogP contribution in [0.1, 0.15) is 30.5 Å². The average molecular weight is 266 g/mol. The lowest BCUT2D eigenvalue weighted by molar-refractivity contribution is 0.0142. The van der Waals surface area contributed by atoms with E-state index in [1.54, 1.807) is 0 Å². The number of hydrogen-bond acceptors (Lipinski definition) is 4. The maximum atomic E-state index is 8.62. The zero-order valence-electron chi connectivity index (χ0n) is 11.7. The van der Waals surface area contributed by atoms with Gasteiger partial charge in [0, 0.05) is 5.56 Å². The molecule has 0 radical (unpaired) electrons. The number of rotatable bonds is 7. The Hall–Kier alpha value is -1.59. The highest BCUT2D eigenvalue weighted by Gasteiger charge is 2.04. The van der Waals surface area contributed by atoms with Crippen LogP contribution >= 0.6 is 0 Å². The van der Waals surface area contributed by atoms with Crippen LogP contribution in [0.25, 0.3) is 0 Å². The maximum absolute atomic E-state index is 8.62. The lowest BCUT2D eigenvalue weighted by Crippen LogP contribution is -2.13. The molecule has 0 amide bonds. The molecule has 0 unspecified atom stereocenters. The molecule has 0 aliphatic rings. The Morgan fingerprint density at radius 1 is 1.37 bits per heavy atom. The van der Waals surface area contributed by atoms with Gasteiger partial charge in [0.25, 0.3) is 0 Å². The fourth-order valence-electron chi connectivity index (χ4n) is 1.60. The van der Waals surface area contributed by atoms with E-state index in [4.69, 9.17) is 20.4 Å². The number of benzene rings is 1. The number of hydrogen-bond donors (Lipinski definition) is 2. The van der Waals surface area contributed by atoms with Crippen molar-refractivity contribution >= 4 is 5.84 Å². The quantitative estimate of drug-likeness (QED) is 0.260. The Kier molecular flexibility index (Phi) is 6.32. The topological polar surface area (TPSA) is 77.1 Å². The van der Waals surface area contributed by atoms with E-state index in [-0.39, 0.29) is 11.9 Å². The first-order valence-corrected chi connectivity index (χ1v) is 6.31. The SMILES string of the molecule is Cc1cc(/C(N)=N/O)ccc1COCCOC(C)C. The molecule has 0 fully saturated rings. The Bertz CT molecular complexity index is 431. The van der Waals surface area contributed by atoms with Gasteiger partial charge in [-0.05, 0) is 38.0 Å². The highest BCUT2D eigenvalue weighted by molar-refractivity contribution is 5.97. The molecule has 0 heterocycles. The van der Waals surface area contributed by atoms with Gasteiger partial charge in [-0.15, -0.1) is 0 Å². The summed E-state index contributed by atoms with van der Waals surface area (Å²) in [6, 6.07) is 5.61. The predicted molar refractivity (Wildman–Crippen MR) is 74.4 cm³/mol. The van der Waals surface area contributed by atoms with Gasteiger partial charge < -0.3 is 20.4 Å². The zero-order valence-corrected chi connectivity index (χ0v) is 11.7. The van der Waals surface area contributed by atoms with Gasteiger partial charge in [-0.25, -0.2) is 0 Å². The van der Waals surface area contributed by atoms with Crippen LogP contribution in [-0.4, -0.2) is 30.4 Å². The van der Waals surface area contributed by atoms with Crippen LogP contribution in [0.3, 0.4) is 0 Å². The number of nitrogens with zero attached hydrogens (tertiary/aromatic N) is 1. The second-order valence-electron chi connectivity index (χ2n) is 4.60. The number of oxime groups is 1. The van der Waals surface area contributed by atoms with Gasteiger partial charge in [0.2, 0.25) is 0 Å². The molecular formula is C14H22N2O3. The molecule has 0 spiro atoms. The zero-order chi connectivity index (χ0) is 14.3. The summed E-state index contributed by atoms with van der Waals surface area (Å²) in [6.45, 7) is 7.66. The summed E-state index contributed by atoms with van der Waals surface area (Å²) in [5, 5.41) is 11.6. The van der Waals surface area contributed by atoms with E-state index in [0.717, 1.165) is 11.1 Å². The standard InChI is InChI=1S/C14H22N2O3/c1-10(2)19-7-6-18-9-13-5-4-12(8-11(13)3)14(15)16-17/h4-5,8,10,17H,6-7,9H2,1-3H3,(H2,15,16). The average Bonchev–Trinajstić information content (AvgIpc) is 2.38. The molecule has 1 rings (SSSR count). The number of amidine groups is 1. The van der Waals surface area contributed by atoms with Crippen molar-refractivity contribution in [1.29, 1.82) is 0 Å². The normalized spacial score (nSPS) is 12.1. The molecular weight excluding hydrogens is 244 g/mol. The van der Waals surface area contributed by atoms with Crippen LogP contribution < -0.4 is 5.73 Å². The lowest BCUT2D eigenvalue weighted by atomic mass is 10.1. The van der Waals surface area contributed by atoms with Crippen LogP contribution in [-0.2, 0) is 16.1 Å². The van der Waals surface area contributed by atoms with E-state index >= 15 is 0 Å². The summed E-state index contributed by atoms with van der Waals surface area (Å²) in [7, 11) is 0. The minimum absolute atomic E-state index is 0.112. The van der Waals surface area contributed by atoms with Crippen molar-refractivity contribution in [3.63, 3.8) is 0 Å². The van der Waals surface area contributed by atoms with Crippen molar-refractivity contribution in [1.82, 2.24) is 0 Å².